The van der Waals surface area contributed by atoms with E-state index in [-0.39, 0.29) is 0 Å². The zero-order valence-electron chi connectivity index (χ0n) is 10.8. The van der Waals surface area contributed by atoms with Gasteiger partial charge in [0, 0.05) is 12.6 Å². The number of nitrogens with zero attached hydrogens (tertiary/aromatic N) is 1. The minimum absolute atomic E-state index is 0.295. The molecule has 0 spiro atoms. The molecular weight excluding hydrogens is 250 g/mol. The van der Waals surface area contributed by atoms with Crippen molar-refractivity contribution < 1.29 is 19.4 Å². The number of pyridine rings is 1. The Morgan fingerprint density at radius 1 is 1.47 bits per heavy atom. The average molecular weight is 267 g/mol. The molecule has 0 bridgehead atoms. The van der Waals surface area contributed by atoms with Crippen molar-refractivity contribution in [1.82, 2.24) is 10.3 Å². The summed E-state index contributed by atoms with van der Waals surface area (Å²) in [7, 11) is 1.51. The molecule has 1 atom stereocenters. The van der Waals surface area contributed by atoms with E-state index in [9.17, 15) is 9.59 Å². The van der Waals surface area contributed by atoms with Crippen molar-refractivity contribution in [1.29, 1.82) is 0 Å². The maximum Gasteiger partial charge on any atom is 0.319 e. The van der Waals surface area contributed by atoms with E-state index in [0.717, 1.165) is 0 Å². The fourth-order valence-electron chi connectivity index (χ4n) is 1.28. The number of methoxy groups -OCH3 is 1. The molecular formula is C12H17N3O4. The maximum atomic E-state index is 11.5. The Hall–Kier alpha value is -2.31. The number of carbonyl (C=O) groups excluding carboxylic acids is 1. The summed E-state index contributed by atoms with van der Waals surface area (Å²) in [5.41, 5.74) is 0.532. The van der Waals surface area contributed by atoms with Gasteiger partial charge in [-0.15, -0.1) is 0 Å². The predicted molar refractivity (Wildman–Crippen MR) is 69.2 cm³/mol. The molecule has 7 nitrogen and oxygen atoms in total. The van der Waals surface area contributed by atoms with Crippen molar-refractivity contribution in [2.24, 2.45) is 5.92 Å². The highest BCUT2D eigenvalue weighted by atomic mass is 16.5. The van der Waals surface area contributed by atoms with Gasteiger partial charge in [-0.3, -0.25) is 4.79 Å². The minimum atomic E-state index is -0.874. The maximum absolute atomic E-state index is 11.5. The van der Waals surface area contributed by atoms with E-state index in [4.69, 9.17) is 9.84 Å². The highest BCUT2D eigenvalue weighted by Crippen LogP contribution is 2.10. The van der Waals surface area contributed by atoms with Crippen molar-refractivity contribution in [2.45, 2.75) is 13.3 Å². The number of aromatic nitrogens is 1. The highest BCUT2D eigenvalue weighted by Gasteiger charge is 2.10. The summed E-state index contributed by atoms with van der Waals surface area (Å²) >= 11 is 0. The number of hydrogen-bond acceptors (Lipinski definition) is 4. The molecule has 0 fully saturated rings. The molecule has 0 aliphatic heterocycles. The number of hydrogen-bond donors (Lipinski definition) is 3. The molecule has 19 heavy (non-hydrogen) atoms. The van der Waals surface area contributed by atoms with Gasteiger partial charge in [-0.1, -0.05) is 6.92 Å². The van der Waals surface area contributed by atoms with Gasteiger partial charge < -0.3 is 20.5 Å². The van der Waals surface area contributed by atoms with Gasteiger partial charge in [0.2, 0.25) is 5.88 Å². The normalized spacial score (nSPS) is 11.5. The first kappa shape index (κ1) is 14.7. The zero-order chi connectivity index (χ0) is 14.3. The van der Waals surface area contributed by atoms with E-state index < -0.39 is 17.9 Å². The SMILES string of the molecule is COc1ccc(NC(=O)NCCC(C)C(=O)O)cn1. The van der Waals surface area contributed by atoms with Gasteiger partial charge in [0.1, 0.15) is 0 Å². The molecule has 0 saturated heterocycles. The Balaban J connectivity index is 2.32. The van der Waals surface area contributed by atoms with Gasteiger partial charge in [0.15, 0.2) is 0 Å². The molecule has 1 unspecified atom stereocenters. The summed E-state index contributed by atoms with van der Waals surface area (Å²) in [5, 5.41) is 13.8. The van der Waals surface area contributed by atoms with Gasteiger partial charge in [-0.25, -0.2) is 9.78 Å². The topological polar surface area (TPSA) is 101 Å². The van der Waals surface area contributed by atoms with E-state index in [1.165, 1.54) is 13.3 Å². The highest BCUT2D eigenvalue weighted by molar-refractivity contribution is 5.89. The number of nitrogens with one attached hydrogen (secondary N) is 2. The summed E-state index contributed by atoms with van der Waals surface area (Å²) in [6, 6.07) is 2.89. The number of ether oxygens (including phenoxy) is 1. The van der Waals surface area contributed by atoms with E-state index in [1.54, 1.807) is 19.1 Å². The van der Waals surface area contributed by atoms with Crippen molar-refractivity contribution in [3.63, 3.8) is 0 Å². The van der Waals surface area contributed by atoms with Crippen molar-refractivity contribution in [2.75, 3.05) is 19.0 Å². The Bertz CT molecular complexity index is 433. The predicted octanol–water partition coefficient (Wildman–Crippen LogP) is 1.32. The molecule has 7 heteroatoms. The molecule has 0 radical (unpaired) electrons. The van der Waals surface area contributed by atoms with Crippen LogP contribution in [0.2, 0.25) is 0 Å². The number of anilines is 1. The molecule has 2 amide bonds. The third kappa shape index (κ3) is 5.24. The second kappa shape index (κ2) is 7.20. The summed E-state index contributed by atoms with van der Waals surface area (Å²) in [4.78, 5) is 26.0. The number of urea groups is 1. The van der Waals surface area contributed by atoms with Crippen LogP contribution in [0.5, 0.6) is 5.88 Å². The zero-order valence-corrected chi connectivity index (χ0v) is 10.8. The summed E-state index contributed by atoms with van der Waals surface area (Å²) in [5.74, 6) is -0.897. The third-order valence-corrected chi connectivity index (χ3v) is 2.49. The minimum Gasteiger partial charge on any atom is -0.481 e. The molecule has 104 valence electrons. The van der Waals surface area contributed by atoms with Crippen molar-refractivity contribution in [3.05, 3.63) is 18.3 Å². The fraction of sp³-hybridized carbons (Fsp3) is 0.417. The van der Waals surface area contributed by atoms with Crippen molar-refractivity contribution in [3.8, 4) is 5.88 Å². The third-order valence-electron chi connectivity index (χ3n) is 2.49. The van der Waals surface area contributed by atoms with Gasteiger partial charge >= 0.3 is 12.0 Å². The Morgan fingerprint density at radius 3 is 2.74 bits per heavy atom. The standard InChI is InChI=1S/C12H17N3O4/c1-8(11(16)17)5-6-13-12(18)15-9-3-4-10(19-2)14-7-9/h3-4,7-8H,5-6H2,1-2H3,(H,16,17)(H2,13,15,18). The van der Waals surface area contributed by atoms with E-state index in [0.29, 0.717) is 24.5 Å². The van der Waals surface area contributed by atoms with Gasteiger partial charge in [0.25, 0.3) is 0 Å². The smallest absolute Gasteiger partial charge is 0.319 e. The second-order valence-corrected chi connectivity index (χ2v) is 4.00. The number of amides is 2. The quantitative estimate of drug-likeness (QED) is 0.721. The van der Waals surface area contributed by atoms with Crippen LogP contribution in [0.1, 0.15) is 13.3 Å². The molecule has 1 rings (SSSR count). The first-order valence-corrected chi connectivity index (χ1v) is 5.80. The number of carbonyl (C=O) groups is 2. The first-order valence-electron chi connectivity index (χ1n) is 5.80. The van der Waals surface area contributed by atoms with Crippen LogP contribution >= 0.6 is 0 Å². The lowest BCUT2D eigenvalue weighted by Gasteiger charge is -2.09. The molecule has 1 aromatic rings. The number of rotatable bonds is 6. The lowest BCUT2D eigenvalue weighted by molar-refractivity contribution is -0.141. The van der Waals surface area contributed by atoms with Crippen molar-refractivity contribution >= 4 is 17.7 Å². The molecule has 0 saturated carbocycles. The lowest BCUT2D eigenvalue weighted by atomic mass is 10.1. The van der Waals surface area contributed by atoms with Crippen LogP contribution in [-0.4, -0.2) is 35.7 Å². The van der Waals surface area contributed by atoms with Crippen LogP contribution < -0.4 is 15.4 Å². The number of carboxylic acid groups (broad SMARTS) is 1. The van der Waals surface area contributed by atoms with Crippen LogP contribution in [0.15, 0.2) is 18.3 Å². The van der Waals surface area contributed by atoms with Crippen LogP contribution in [0.4, 0.5) is 10.5 Å². The Kier molecular flexibility index (Phi) is 5.59. The molecule has 3 N–H and O–H groups in total. The van der Waals surface area contributed by atoms with Gasteiger partial charge in [0.05, 0.1) is 24.9 Å². The fourth-order valence-corrected chi connectivity index (χ4v) is 1.28. The number of carboxylic acids is 1. The van der Waals surface area contributed by atoms with Crippen LogP contribution in [0.3, 0.4) is 0 Å². The molecule has 0 aromatic carbocycles. The summed E-state index contributed by atoms with van der Waals surface area (Å²) < 4.78 is 4.89. The first-order chi connectivity index (χ1) is 9.02. The molecule has 1 heterocycles. The van der Waals surface area contributed by atoms with Crippen LogP contribution in [0, 0.1) is 5.92 Å². The summed E-state index contributed by atoms with van der Waals surface area (Å²) in [6.07, 6.45) is 1.85. The average Bonchev–Trinajstić information content (AvgIpc) is 2.39. The largest absolute Gasteiger partial charge is 0.481 e. The molecule has 0 aliphatic carbocycles. The number of aliphatic carboxylic acids is 1. The molecule has 1 aromatic heterocycles. The van der Waals surface area contributed by atoms with E-state index >= 15 is 0 Å². The van der Waals surface area contributed by atoms with Crippen LogP contribution in [0.25, 0.3) is 0 Å². The summed E-state index contributed by atoms with van der Waals surface area (Å²) in [6.45, 7) is 1.89. The Morgan fingerprint density at radius 2 is 2.21 bits per heavy atom. The molecule has 0 aliphatic rings. The van der Waals surface area contributed by atoms with Gasteiger partial charge in [-0.2, -0.15) is 0 Å². The van der Waals surface area contributed by atoms with E-state index in [2.05, 4.69) is 15.6 Å². The lowest BCUT2D eigenvalue weighted by Crippen LogP contribution is -2.31. The Labute approximate surface area is 111 Å². The van der Waals surface area contributed by atoms with E-state index in [1.807, 2.05) is 0 Å². The van der Waals surface area contributed by atoms with Crippen LogP contribution in [-0.2, 0) is 4.79 Å². The second-order valence-electron chi connectivity index (χ2n) is 4.00. The monoisotopic (exact) mass is 267 g/mol. The van der Waals surface area contributed by atoms with Gasteiger partial charge in [-0.05, 0) is 12.5 Å².